The van der Waals surface area contributed by atoms with Gasteiger partial charge in [0.1, 0.15) is 11.0 Å². The number of thioether (sulfide) groups is 1. The highest BCUT2D eigenvalue weighted by molar-refractivity contribution is 8.15. The molecule has 2 N–H and O–H groups in total. The Bertz CT molecular complexity index is 944. The summed E-state index contributed by atoms with van der Waals surface area (Å²) in [5.41, 5.74) is 3.22. The minimum Gasteiger partial charge on any atom is -0.495 e. The van der Waals surface area contributed by atoms with Crippen molar-refractivity contribution in [1.29, 1.82) is 0 Å². The molecule has 0 aliphatic carbocycles. The highest BCUT2D eigenvalue weighted by Gasteiger charge is 2.32. The van der Waals surface area contributed by atoms with Gasteiger partial charge in [-0.25, -0.2) is 4.99 Å². The average molecular weight is 418 g/mol. The molecular weight excluding hydrogens is 398 g/mol. The van der Waals surface area contributed by atoms with Crippen LogP contribution in [0.3, 0.4) is 0 Å². The van der Waals surface area contributed by atoms with Crippen molar-refractivity contribution in [1.82, 2.24) is 5.32 Å². The molecule has 6 nitrogen and oxygen atoms in total. The molecule has 0 spiro atoms. The van der Waals surface area contributed by atoms with Crippen molar-refractivity contribution in [3.8, 4) is 5.75 Å². The van der Waals surface area contributed by atoms with E-state index in [1.165, 1.54) is 18.9 Å². The number of carbonyl (C=O) groups is 2. The Kier molecular flexibility index (Phi) is 6.26. The summed E-state index contributed by atoms with van der Waals surface area (Å²) in [6, 6.07) is 11.1. The first-order valence-electron chi connectivity index (χ1n) is 8.62. The summed E-state index contributed by atoms with van der Waals surface area (Å²) < 4.78 is 5.26. The number of benzene rings is 2. The normalized spacial score (nSPS) is 17.5. The Morgan fingerprint density at radius 2 is 2.00 bits per heavy atom. The van der Waals surface area contributed by atoms with E-state index in [-0.39, 0.29) is 18.2 Å². The van der Waals surface area contributed by atoms with Crippen LogP contribution in [0.25, 0.3) is 0 Å². The number of amides is 2. The van der Waals surface area contributed by atoms with Gasteiger partial charge in [-0.3, -0.25) is 9.59 Å². The summed E-state index contributed by atoms with van der Waals surface area (Å²) in [6.07, 6.45) is 0.0221. The van der Waals surface area contributed by atoms with Crippen molar-refractivity contribution in [3.05, 3.63) is 52.5 Å². The van der Waals surface area contributed by atoms with Gasteiger partial charge in [-0.15, -0.1) is 0 Å². The molecule has 2 aromatic rings. The summed E-state index contributed by atoms with van der Waals surface area (Å²) in [6.45, 7) is 3.83. The van der Waals surface area contributed by atoms with Gasteiger partial charge in [0.05, 0.1) is 18.5 Å². The molecule has 1 aliphatic heterocycles. The van der Waals surface area contributed by atoms with Gasteiger partial charge < -0.3 is 15.4 Å². The molecule has 3 rings (SSSR count). The van der Waals surface area contributed by atoms with Crippen LogP contribution in [0.4, 0.5) is 11.4 Å². The minimum absolute atomic E-state index is 0.0221. The van der Waals surface area contributed by atoms with Crippen molar-refractivity contribution < 1.29 is 14.3 Å². The van der Waals surface area contributed by atoms with Gasteiger partial charge in [0.25, 0.3) is 0 Å². The maximum Gasteiger partial charge on any atom is 0.240 e. The van der Waals surface area contributed by atoms with Gasteiger partial charge in [0.15, 0.2) is 5.17 Å². The summed E-state index contributed by atoms with van der Waals surface area (Å²) in [4.78, 5) is 29.1. The Morgan fingerprint density at radius 3 is 2.68 bits per heavy atom. The van der Waals surface area contributed by atoms with E-state index in [1.807, 2.05) is 38.1 Å². The van der Waals surface area contributed by atoms with Crippen LogP contribution in [0.2, 0.25) is 5.02 Å². The molecule has 1 atom stereocenters. The first kappa shape index (κ1) is 20.2. The largest absolute Gasteiger partial charge is 0.495 e. The van der Waals surface area contributed by atoms with Crippen molar-refractivity contribution in [2.45, 2.75) is 25.5 Å². The van der Waals surface area contributed by atoms with Crippen LogP contribution in [0.1, 0.15) is 17.5 Å². The van der Waals surface area contributed by atoms with Crippen LogP contribution in [0.15, 0.2) is 41.4 Å². The number of hydrogen-bond donors (Lipinski definition) is 2. The Labute approximate surface area is 172 Å². The molecule has 146 valence electrons. The van der Waals surface area contributed by atoms with Crippen molar-refractivity contribution >= 4 is 51.7 Å². The van der Waals surface area contributed by atoms with Gasteiger partial charge >= 0.3 is 0 Å². The SMILES string of the molecule is COc1cc(Cl)c(C)cc1NC(=O)CC1SC(=Nc2ccc(C)cc2)NC1=O. The van der Waals surface area contributed by atoms with Crippen LogP contribution in [0, 0.1) is 13.8 Å². The standard InChI is InChI=1S/C20H20ClN3O3S/c1-11-4-6-13(7-5-11)22-20-24-19(26)17(28-20)10-18(25)23-15-8-12(2)14(21)9-16(15)27-3/h4-9,17H,10H2,1-3H3,(H,23,25)(H,22,24,26). The highest BCUT2D eigenvalue weighted by Crippen LogP contribution is 2.32. The van der Waals surface area contributed by atoms with Gasteiger partial charge in [0, 0.05) is 17.5 Å². The number of amidine groups is 1. The number of carbonyl (C=O) groups excluding carboxylic acids is 2. The lowest BCUT2D eigenvalue weighted by atomic mass is 10.2. The molecule has 1 aliphatic rings. The van der Waals surface area contributed by atoms with E-state index in [0.29, 0.717) is 21.6 Å². The van der Waals surface area contributed by atoms with Crippen LogP contribution in [0.5, 0.6) is 5.75 Å². The molecule has 2 amide bonds. The van der Waals surface area contributed by atoms with Gasteiger partial charge in [-0.05, 0) is 37.6 Å². The maximum atomic E-state index is 12.4. The summed E-state index contributed by atoms with van der Waals surface area (Å²) in [5, 5.41) is 6.03. The first-order chi connectivity index (χ1) is 13.4. The smallest absolute Gasteiger partial charge is 0.240 e. The molecule has 1 fully saturated rings. The zero-order valence-corrected chi connectivity index (χ0v) is 17.3. The highest BCUT2D eigenvalue weighted by atomic mass is 35.5. The number of ether oxygens (including phenoxy) is 1. The summed E-state index contributed by atoms with van der Waals surface area (Å²) in [7, 11) is 1.50. The third-order valence-electron chi connectivity index (χ3n) is 4.17. The molecule has 1 heterocycles. The Balaban J connectivity index is 1.65. The fourth-order valence-corrected chi connectivity index (χ4v) is 3.77. The quantitative estimate of drug-likeness (QED) is 0.763. The molecule has 8 heteroatoms. The molecule has 1 unspecified atom stereocenters. The zero-order valence-electron chi connectivity index (χ0n) is 15.7. The molecule has 1 saturated heterocycles. The first-order valence-corrected chi connectivity index (χ1v) is 9.88. The molecule has 0 bridgehead atoms. The number of anilines is 1. The van der Waals surface area contributed by atoms with E-state index in [0.717, 1.165) is 16.8 Å². The third-order valence-corrected chi connectivity index (χ3v) is 5.66. The molecule has 2 aromatic carbocycles. The number of nitrogens with zero attached hydrogens (tertiary/aromatic N) is 1. The lowest BCUT2D eigenvalue weighted by molar-refractivity contribution is -0.122. The van der Waals surface area contributed by atoms with E-state index in [2.05, 4.69) is 15.6 Å². The molecule has 0 saturated carbocycles. The number of methoxy groups -OCH3 is 1. The molecule has 0 radical (unpaired) electrons. The number of aryl methyl sites for hydroxylation is 2. The van der Waals surface area contributed by atoms with Crippen LogP contribution < -0.4 is 15.4 Å². The Hall–Kier alpha value is -2.51. The number of rotatable bonds is 5. The minimum atomic E-state index is -0.538. The third kappa shape index (κ3) is 4.85. The van der Waals surface area contributed by atoms with Gasteiger partial charge in [-0.2, -0.15) is 0 Å². The zero-order chi connectivity index (χ0) is 20.3. The predicted octanol–water partition coefficient (Wildman–Crippen LogP) is 4.21. The molecular formula is C20H20ClN3O3S. The number of halogens is 1. The van der Waals surface area contributed by atoms with E-state index in [9.17, 15) is 9.59 Å². The summed E-state index contributed by atoms with van der Waals surface area (Å²) >= 11 is 7.34. The van der Waals surface area contributed by atoms with Crippen LogP contribution >= 0.6 is 23.4 Å². The molecule has 28 heavy (non-hydrogen) atoms. The lowest BCUT2D eigenvalue weighted by Gasteiger charge is -2.13. The Morgan fingerprint density at radius 1 is 1.29 bits per heavy atom. The van der Waals surface area contributed by atoms with Gasteiger partial charge in [-0.1, -0.05) is 41.1 Å². The van der Waals surface area contributed by atoms with Crippen molar-refractivity contribution in [3.63, 3.8) is 0 Å². The number of hydrogen-bond acceptors (Lipinski definition) is 5. The molecule has 0 aromatic heterocycles. The average Bonchev–Trinajstić information content (AvgIpc) is 2.98. The van der Waals surface area contributed by atoms with E-state index in [1.54, 1.807) is 12.1 Å². The predicted molar refractivity (Wildman–Crippen MR) is 114 cm³/mol. The second kappa shape index (κ2) is 8.67. The monoisotopic (exact) mass is 417 g/mol. The lowest BCUT2D eigenvalue weighted by Crippen LogP contribution is -2.28. The van der Waals surface area contributed by atoms with Crippen LogP contribution in [-0.2, 0) is 9.59 Å². The van der Waals surface area contributed by atoms with Crippen LogP contribution in [-0.4, -0.2) is 29.3 Å². The van der Waals surface area contributed by atoms with E-state index in [4.69, 9.17) is 16.3 Å². The van der Waals surface area contributed by atoms with Gasteiger partial charge in [0.2, 0.25) is 11.8 Å². The maximum absolute atomic E-state index is 12.4. The van der Waals surface area contributed by atoms with Crippen molar-refractivity contribution in [2.75, 3.05) is 12.4 Å². The van der Waals surface area contributed by atoms with E-state index >= 15 is 0 Å². The van der Waals surface area contributed by atoms with Crippen molar-refractivity contribution in [2.24, 2.45) is 4.99 Å². The van der Waals surface area contributed by atoms with E-state index < -0.39 is 5.25 Å². The fourth-order valence-electron chi connectivity index (χ4n) is 2.63. The topological polar surface area (TPSA) is 79.8 Å². The fraction of sp³-hybridized carbons (Fsp3) is 0.250. The number of aliphatic imine (C=N–C) groups is 1. The number of nitrogens with one attached hydrogen (secondary N) is 2. The second-order valence-corrected chi connectivity index (χ2v) is 8.00. The summed E-state index contributed by atoms with van der Waals surface area (Å²) in [5.74, 6) is -0.0522. The second-order valence-electron chi connectivity index (χ2n) is 6.40.